The number of methoxy groups -OCH3 is 1. The maximum Gasteiger partial charge on any atom is 0.251 e. The zero-order valence-corrected chi connectivity index (χ0v) is 14.3. The van der Waals surface area contributed by atoms with E-state index >= 15 is 0 Å². The van der Waals surface area contributed by atoms with Gasteiger partial charge < -0.3 is 14.6 Å². The Labute approximate surface area is 150 Å². The van der Waals surface area contributed by atoms with Crippen LogP contribution in [0.25, 0.3) is 11.0 Å². The Hall–Kier alpha value is -3.35. The Morgan fingerprint density at radius 1 is 1.15 bits per heavy atom. The van der Waals surface area contributed by atoms with E-state index in [-0.39, 0.29) is 18.4 Å². The van der Waals surface area contributed by atoms with E-state index in [1.807, 2.05) is 28.8 Å². The lowest BCUT2D eigenvalue weighted by molar-refractivity contribution is -0.117. The van der Waals surface area contributed by atoms with Crippen LogP contribution in [0.15, 0.2) is 48.5 Å². The van der Waals surface area contributed by atoms with E-state index in [1.54, 1.807) is 36.3 Å². The highest BCUT2D eigenvalue weighted by atomic mass is 16.5. The molecule has 4 rings (SSSR count). The molecular weight excluding hydrogens is 332 g/mol. The van der Waals surface area contributed by atoms with E-state index in [4.69, 9.17) is 4.74 Å². The topological polar surface area (TPSA) is 76.5 Å². The third-order valence-electron chi connectivity index (χ3n) is 4.46. The van der Waals surface area contributed by atoms with Crippen molar-refractivity contribution >= 4 is 28.8 Å². The number of fused-ring (bicyclic) bond motifs is 3. The molecule has 0 aliphatic carbocycles. The third kappa shape index (κ3) is 2.77. The number of amides is 2. The normalized spacial score (nSPS) is 12.9. The number of imidazole rings is 1. The van der Waals surface area contributed by atoms with Gasteiger partial charge in [0.05, 0.1) is 24.7 Å². The molecule has 2 aromatic carbocycles. The molecule has 1 aliphatic heterocycles. The highest BCUT2D eigenvalue weighted by molar-refractivity contribution is 6.01. The average molecular weight is 350 g/mol. The molecule has 0 saturated heterocycles. The zero-order chi connectivity index (χ0) is 18.1. The van der Waals surface area contributed by atoms with Gasteiger partial charge in [-0.05, 0) is 30.3 Å². The van der Waals surface area contributed by atoms with Gasteiger partial charge in [-0.1, -0.05) is 18.2 Å². The summed E-state index contributed by atoms with van der Waals surface area (Å²) in [6, 6.07) is 14.6. The predicted molar refractivity (Wildman–Crippen MR) is 97.4 cm³/mol. The van der Waals surface area contributed by atoms with Crippen molar-refractivity contribution in [3.05, 3.63) is 54.1 Å². The van der Waals surface area contributed by atoms with Gasteiger partial charge in [-0.2, -0.15) is 0 Å². The Bertz CT molecular complexity index is 995. The van der Waals surface area contributed by atoms with Gasteiger partial charge in [-0.15, -0.1) is 0 Å². The van der Waals surface area contributed by atoms with Gasteiger partial charge in [-0.25, -0.2) is 4.98 Å². The maximum atomic E-state index is 12.6. The summed E-state index contributed by atoms with van der Waals surface area (Å²) in [5, 5.41) is 2.67. The van der Waals surface area contributed by atoms with Crippen molar-refractivity contribution in [1.82, 2.24) is 14.9 Å². The summed E-state index contributed by atoms with van der Waals surface area (Å²) >= 11 is 0. The Balaban J connectivity index is 1.46. The number of carbonyl (C=O) groups is 2. The molecule has 1 aliphatic rings. The summed E-state index contributed by atoms with van der Waals surface area (Å²) in [7, 11) is 1.54. The van der Waals surface area contributed by atoms with Crippen molar-refractivity contribution in [2.45, 2.75) is 6.54 Å². The van der Waals surface area contributed by atoms with Crippen LogP contribution in [0.5, 0.6) is 5.75 Å². The van der Waals surface area contributed by atoms with Crippen LogP contribution < -0.4 is 15.0 Å². The summed E-state index contributed by atoms with van der Waals surface area (Å²) in [5.41, 5.74) is 2.32. The second-order valence-electron chi connectivity index (χ2n) is 6.01. The average Bonchev–Trinajstić information content (AvgIpc) is 3.25. The van der Waals surface area contributed by atoms with Crippen LogP contribution in [0, 0.1) is 0 Å². The van der Waals surface area contributed by atoms with Crippen LogP contribution in [0.2, 0.25) is 0 Å². The number of hydrogen-bond acceptors (Lipinski definition) is 4. The lowest BCUT2D eigenvalue weighted by atomic mass is 10.2. The molecule has 0 spiro atoms. The molecule has 1 N–H and O–H groups in total. The zero-order valence-electron chi connectivity index (χ0n) is 14.3. The number of anilines is 1. The smallest absolute Gasteiger partial charge is 0.251 e. The van der Waals surface area contributed by atoms with Gasteiger partial charge >= 0.3 is 0 Å². The van der Waals surface area contributed by atoms with Gasteiger partial charge in [0.15, 0.2) is 0 Å². The van der Waals surface area contributed by atoms with Crippen LogP contribution in [0.4, 0.5) is 5.95 Å². The van der Waals surface area contributed by atoms with Crippen molar-refractivity contribution in [2.24, 2.45) is 0 Å². The van der Waals surface area contributed by atoms with Crippen molar-refractivity contribution < 1.29 is 14.3 Å². The first-order valence-corrected chi connectivity index (χ1v) is 8.35. The molecule has 7 nitrogen and oxygen atoms in total. The molecule has 3 aromatic rings. The van der Waals surface area contributed by atoms with Crippen molar-refractivity contribution in [2.75, 3.05) is 25.1 Å². The van der Waals surface area contributed by atoms with Gasteiger partial charge in [0.25, 0.3) is 5.91 Å². The molecule has 0 saturated carbocycles. The number of carbonyl (C=O) groups excluding carboxylic acids is 2. The number of nitrogens with zero attached hydrogens (tertiary/aromatic N) is 3. The van der Waals surface area contributed by atoms with Crippen molar-refractivity contribution in [3.63, 3.8) is 0 Å². The number of nitrogens with one attached hydrogen (secondary N) is 1. The Morgan fingerprint density at radius 2 is 2.00 bits per heavy atom. The first-order valence-electron chi connectivity index (χ1n) is 8.35. The lowest BCUT2D eigenvalue weighted by Crippen LogP contribution is -2.39. The van der Waals surface area contributed by atoms with E-state index in [2.05, 4.69) is 10.3 Å². The second-order valence-corrected chi connectivity index (χ2v) is 6.01. The second kappa shape index (κ2) is 6.51. The molecule has 26 heavy (non-hydrogen) atoms. The quantitative estimate of drug-likeness (QED) is 0.779. The largest absolute Gasteiger partial charge is 0.497 e. The third-order valence-corrected chi connectivity index (χ3v) is 4.46. The summed E-state index contributed by atoms with van der Waals surface area (Å²) in [5.74, 6) is 0.726. The summed E-state index contributed by atoms with van der Waals surface area (Å²) in [6.45, 7) is 1.17. The minimum atomic E-state index is -0.315. The van der Waals surface area contributed by atoms with Crippen molar-refractivity contribution in [1.29, 1.82) is 0 Å². The monoisotopic (exact) mass is 350 g/mol. The first kappa shape index (κ1) is 16.1. The van der Waals surface area contributed by atoms with Crippen LogP contribution in [-0.4, -0.2) is 41.6 Å². The number of hydrogen-bond donors (Lipinski definition) is 1. The molecule has 2 amide bonds. The Morgan fingerprint density at radius 3 is 2.85 bits per heavy atom. The number of ether oxygens (including phenoxy) is 1. The van der Waals surface area contributed by atoms with E-state index < -0.39 is 0 Å². The number of para-hydroxylation sites is 2. The van der Waals surface area contributed by atoms with Gasteiger partial charge in [0, 0.05) is 18.7 Å². The highest BCUT2D eigenvalue weighted by Gasteiger charge is 2.28. The van der Waals surface area contributed by atoms with Gasteiger partial charge in [0.1, 0.15) is 5.75 Å². The fraction of sp³-hybridized carbons (Fsp3) is 0.211. The predicted octanol–water partition coefficient (Wildman–Crippen LogP) is 1.82. The molecule has 0 atom stereocenters. The first-order chi connectivity index (χ1) is 12.7. The number of rotatable bonds is 4. The van der Waals surface area contributed by atoms with Crippen LogP contribution in [0.3, 0.4) is 0 Å². The Kier molecular flexibility index (Phi) is 4.04. The lowest BCUT2D eigenvalue weighted by Gasteiger charge is -2.14. The standard InChI is InChI=1S/C19H18N4O3/c1-26-14-6-4-5-13(11-14)18(25)20-12-17(24)23-10-9-22-16-8-3-2-7-15(16)21-19(22)23/h2-8,11H,9-10,12H2,1H3,(H,20,25). The molecule has 0 radical (unpaired) electrons. The van der Waals surface area contributed by atoms with E-state index in [9.17, 15) is 9.59 Å². The molecule has 0 bridgehead atoms. The van der Waals surface area contributed by atoms with Crippen LogP contribution in [0.1, 0.15) is 10.4 Å². The fourth-order valence-corrected chi connectivity index (χ4v) is 3.14. The number of benzene rings is 2. The van der Waals surface area contributed by atoms with Gasteiger partial charge in [-0.3, -0.25) is 14.5 Å². The minimum Gasteiger partial charge on any atom is -0.497 e. The molecule has 7 heteroatoms. The molecule has 0 unspecified atom stereocenters. The summed E-state index contributed by atoms with van der Waals surface area (Å²) in [4.78, 5) is 31.0. The maximum absolute atomic E-state index is 12.6. The fourth-order valence-electron chi connectivity index (χ4n) is 3.14. The van der Waals surface area contributed by atoms with Crippen LogP contribution >= 0.6 is 0 Å². The summed E-state index contributed by atoms with van der Waals surface area (Å²) in [6.07, 6.45) is 0. The molecule has 132 valence electrons. The molecule has 2 heterocycles. The SMILES string of the molecule is COc1cccc(C(=O)NCC(=O)N2CCn3c2nc2ccccc23)c1. The van der Waals surface area contributed by atoms with E-state index in [1.165, 1.54) is 0 Å². The number of aromatic nitrogens is 2. The van der Waals surface area contributed by atoms with Gasteiger partial charge in [0.2, 0.25) is 11.9 Å². The van der Waals surface area contributed by atoms with E-state index in [0.29, 0.717) is 30.4 Å². The van der Waals surface area contributed by atoms with Crippen LogP contribution in [-0.2, 0) is 11.3 Å². The van der Waals surface area contributed by atoms with Crippen molar-refractivity contribution in [3.8, 4) is 5.75 Å². The summed E-state index contributed by atoms with van der Waals surface area (Å²) < 4.78 is 7.14. The molecule has 0 fully saturated rings. The molecular formula is C19H18N4O3. The highest BCUT2D eigenvalue weighted by Crippen LogP contribution is 2.26. The van der Waals surface area contributed by atoms with E-state index in [0.717, 1.165) is 11.0 Å². The minimum absolute atomic E-state index is 0.0841. The molecule has 1 aromatic heterocycles.